The van der Waals surface area contributed by atoms with Crippen molar-refractivity contribution in [2.75, 3.05) is 0 Å². The minimum Gasteiger partial charge on any atom is -0.463 e. The van der Waals surface area contributed by atoms with Crippen LogP contribution in [0.25, 0.3) is 28.5 Å². The Kier molecular flexibility index (Phi) is 3.05. The van der Waals surface area contributed by atoms with Crippen molar-refractivity contribution >= 4 is 0 Å². The average molecular weight is 287 g/mol. The van der Waals surface area contributed by atoms with Gasteiger partial charge in [0.15, 0.2) is 5.76 Å². The molecule has 0 atom stereocenters. The van der Waals surface area contributed by atoms with Crippen LogP contribution in [0.2, 0.25) is 0 Å². The summed E-state index contributed by atoms with van der Waals surface area (Å²) in [5.41, 5.74) is 3.54. The standard InChI is InChI=1S/C18H13N3O/c1-2-7-14(8-3-1)21-17(18-10-6-12-22-18)13-16(20-21)15-9-4-5-11-19-15/h1-13H. The monoisotopic (exact) mass is 287 g/mol. The molecule has 4 nitrogen and oxygen atoms in total. The van der Waals surface area contributed by atoms with Crippen LogP contribution in [-0.2, 0) is 0 Å². The summed E-state index contributed by atoms with van der Waals surface area (Å²) in [6.45, 7) is 0. The number of aromatic nitrogens is 3. The van der Waals surface area contributed by atoms with Gasteiger partial charge in [-0.05, 0) is 42.5 Å². The molecule has 106 valence electrons. The van der Waals surface area contributed by atoms with Gasteiger partial charge in [-0.15, -0.1) is 0 Å². The number of benzene rings is 1. The molecule has 0 aliphatic carbocycles. The molecule has 4 aromatic rings. The molecule has 22 heavy (non-hydrogen) atoms. The van der Waals surface area contributed by atoms with E-state index in [1.165, 1.54) is 0 Å². The van der Waals surface area contributed by atoms with E-state index < -0.39 is 0 Å². The topological polar surface area (TPSA) is 43.9 Å². The lowest BCUT2D eigenvalue weighted by Crippen LogP contribution is -1.98. The first-order valence-corrected chi connectivity index (χ1v) is 7.02. The van der Waals surface area contributed by atoms with Crippen molar-refractivity contribution in [3.8, 4) is 28.5 Å². The van der Waals surface area contributed by atoms with Gasteiger partial charge in [-0.1, -0.05) is 24.3 Å². The lowest BCUT2D eigenvalue weighted by Gasteiger charge is -2.04. The lowest BCUT2D eigenvalue weighted by molar-refractivity contribution is 0.577. The van der Waals surface area contributed by atoms with E-state index in [1.807, 2.05) is 71.4 Å². The molecule has 0 aliphatic rings. The van der Waals surface area contributed by atoms with Gasteiger partial charge in [-0.25, -0.2) is 4.68 Å². The SMILES string of the molecule is c1ccc(-n2nc(-c3ccccn3)cc2-c2ccco2)cc1. The number of para-hydroxylation sites is 1. The maximum atomic E-state index is 5.55. The van der Waals surface area contributed by atoms with Gasteiger partial charge < -0.3 is 4.42 Å². The second-order valence-corrected chi connectivity index (χ2v) is 4.85. The summed E-state index contributed by atoms with van der Waals surface area (Å²) in [7, 11) is 0. The molecule has 1 aromatic carbocycles. The number of hydrogen-bond donors (Lipinski definition) is 0. The summed E-state index contributed by atoms with van der Waals surface area (Å²) < 4.78 is 7.43. The van der Waals surface area contributed by atoms with Crippen LogP contribution in [-0.4, -0.2) is 14.8 Å². The highest BCUT2D eigenvalue weighted by molar-refractivity contribution is 5.65. The summed E-state index contributed by atoms with van der Waals surface area (Å²) in [6, 6.07) is 21.6. The van der Waals surface area contributed by atoms with Gasteiger partial charge in [0.25, 0.3) is 0 Å². The lowest BCUT2D eigenvalue weighted by atomic mass is 10.2. The smallest absolute Gasteiger partial charge is 0.152 e. The Morgan fingerprint density at radius 3 is 2.41 bits per heavy atom. The van der Waals surface area contributed by atoms with Crippen molar-refractivity contribution in [1.82, 2.24) is 14.8 Å². The van der Waals surface area contributed by atoms with Crippen molar-refractivity contribution < 1.29 is 4.42 Å². The van der Waals surface area contributed by atoms with Gasteiger partial charge in [0.1, 0.15) is 11.4 Å². The first kappa shape index (κ1) is 12.6. The van der Waals surface area contributed by atoms with Crippen LogP contribution < -0.4 is 0 Å². The summed E-state index contributed by atoms with van der Waals surface area (Å²) in [5, 5.41) is 4.70. The molecule has 3 aromatic heterocycles. The predicted molar refractivity (Wildman–Crippen MR) is 84.5 cm³/mol. The van der Waals surface area contributed by atoms with Gasteiger partial charge >= 0.3 is 0 Å². The Labute approximate surface area is 127 Å². The molecule has 3 heterocycles. The minimum atomic E-state index is 0.776. The molecule has 0 aliphatic heterocycles. The fourth-order valence-electron chi connectivity index (χ4n) is 2.39. The molecule has 4 heteroatoms. The average Bonchev–Trinajstić information content (AvgIpc) is 3.26. The van der Waals surface area contributed by atoms with E-state index in [-0.39, 0.29) is 0 Å². The Balaban J connectivity index is 1.91. The molecule has 0 unspecified atom stereocenters. The van der Waals surface area contributed by atoms with Gasteiger partial charge in [0, 0.05) is 6.20 Å². The van der Waals surface area contributed by atoms with Crippen molar-refractivity contribution in [2.45, 2.75) is 0 Å². The van der Waals surface area contributed by atoms with Crippen LogP contribution in [0.5, 0.6) is 0 Å². The summed E-state index contributed by atoms with van der Waals surface area (Å²) in [4.78, 5) is 4.37. The van der Waals surface area contributed by atoms with Crippen LogP contribution in [0.15, 0.2) is 83.6 Å². The Bertz CT molecular complexity index is 865. The zero-order valence-electron chi connectivity index (χ0n) is 11.8. The van der Waals surface area contributed by atoms with Crippen molar-refractivity contribution in [3.63, 3.8) is 0 Å². The molecule has 0 fully saturated rings. The molecular formula is C18H13N3O. The summed E-state index contributed by atoms with van der Waals surface area (Å²) in [6.07, 6.45) is 3.43. The summed E-state index contributed by atoms with van der Waals surface area (Å²) >= 11 is 0. The quantitative estimate of drug-likeness (QED) is 0.567. The number of nitrogens with zero attached hydrogens (tertiary/aromatic N) is 3. The Morgan fingerprint density at radius 2 is 1.68 bits per heavy atom. The Morgan fingerprint density at radius 1 is 0.818 bits per heavy atom. The predicted octanol–water partition coefficient (Wildman–Crippen LogP) is 4.19. The third-order valence-corrected chi connectivity index (χ3v) is 3.41. The number of hydrogen-bond acceptors (Lipinski definition) is 3. The first-order valence-electron chi connectivity index (χ1n) is 7.02. The molecule has 0 radical (unpaired) electrons. The molecule has 0 amide bonds. The third-order valence-electron chi connectivity index (χ3n) is 3.41. The number of rotatable bonds is 3. The normalized spacial score (nSPS) is 10.7. The van der Waals surface area contributed by atoms with E-state index in [1.54, 1.807) is 12.5 Å². The third kappa shape index (κ3) is 2.20. The molecule has 0 saturated carbocycles. The van der Waals surface area contributed by atoms with Crippen LogP contribution in [0.4, 0.5) is 0 Å². The highest BCUT2D eigenvalue weighted by Crippen LogP contribution is 2.28. The molecule has 0 spiro atoms. The number of pyridine rings is 1. The van der Waals surface area contributed by atoms with Crippen LogP contribution in [0.3, 0.4) is 0 Å². The van der Waals surface area contributed by atoms with Crippen LogP contribution >= 0.6 is 0 Å². The van der Waals surface area contributed by atoms with Gasteiger partial charge in [-0.3, -0.25) is 4.98 Å². The second-order valence-electron chi connectivity index (χ2n) is 4.85. The van der Waals surface area contributed by atoms with E-state index >= 15 is 0 Å². The highest BCUT2D eigenvalue weighted by Gasteiger charge is 2.15. The molecule has 0 saturated heterocycles. The number of furan rings is 1. The van der Waals surface area contributed by atoms with Gasteiger partial charge in [0.05, 0.1) is 17.6 Å². The molecular weight excluding hydrogens is 274 g/mol. The maximum absolute atomic E-state index is 5.55. The largest absolute Gasteiger partial charge is 0.463 e. The van der Waals surface area contributed by atoms with Crippen molar-refractivity contribution in [1.29, 1.82) is 0 Å². The fraction of sp³-hybridized carbons (Fsp3) is 0. The van der Waals surface area contributed by atoms with E-state index in [0.29, 0.717) is 0 Å². The maximum Gasteiger partial charge on any atom is 0.152 e. The second kappa shape index (κ2) is 5.33. The van der Waals surface area contributed by atoms with Crippen molar-refractivity contribution in [2.24, 2.45) is 0 Å². The molecule has 0 N–H and O–H groups in total. The van der Waals surface area contributed by atoms with E-state index in [2.05, 4.69) is 4.98 Å². The van der Waals surface area contributed by atoms with E-state index in [4.69, 9.17) is 9.52 Å². The van der Waals surface area contributed by atoms with Crippen LogP contribution in [0, 0.1) is 0 Å². The zero-order valence-corrected chi connectivity index (χ0v) is 11.8. The zero-order chi connectivity index (χ0) is 14.8. The minimum absolute atomic E-state index is 0.776. The van der Waals surface area contributed by atoms with Gasteiger partial charge in [-0.2, -0.15) is 5.10 Å². The molecule has 4 rings (SSSR count). The Hall–Kier alpha value is -3.14. The highest BCUT2D eigenvalue weighted by atomic mass is 16.3. The van der Waals surface area contributed by atoms with Crippen LogP contribution in [0.1, 0.15) is 0 Å². The first-order chi connectivity index (χ1) is 10.9. The van der Waals surface area contributed by atoms with E-state index in [0.717, 1.165) is 28.5 Å². The van der Waals surface area contributed by atoms with Crippen molar-refractivity contribution in [3.05, 3.63) is 79.2 Å². The van der Waals surface area contributed by atoms with E-state index in [9.17, 15) is 0 Å². The summed E-state index contributed by atoms with van der Waals surface area (Å²) in [5.74, 6) is 0.776. The van der Waals surface area contributed by atoms with Gasteiger partial charge in [0.2, 0.25) is 0 Å². The molecule has 0 bridgehead atoms. The fourth-order valence-corrected chi connectivity index (χ4v) is 2.39.